The van der Waals surface area contributed by atoms with Gasteiger partial charge in [-0.25, -0.2) is 0 Å². The Morgan fingerprint density at radius 2 is 1.62 bits per heavy atom. The quantitative estimate of drug-likeness (QED) is 0.347. The molecule has 10 atom stereocenters. The van der Waals surface area contributed by atoms with Gasteiger partial charge in [-0.15, -0.1) is 0 Å². The molecule has 0 unspecified atom stereocenters. The first-order chi connectivity index (χ1) is 19.7. The molecule has 5 aliphatic rings. The molecule has 0 heterocycles. The first-order valence-corrected chi connectivity index (χ1v) is 17.0. The fourth-order valence-corrected chi connectivity index (χ4v) is 12.6. The van der Waals surface area contributed by atoms with Crippen LogP contribution in [0.2, 0.25) is 0 Å². The van der Waals surface area contributed by atoms with Crippen molar-refractivity contribution in [2.24, 2.45) is 56.7 Å². The highest BCUT2D eigenvalue weighted by Crippen LogP contribution is 2.77. The van der Waals surface area contributed by atoms with Crippen LogP contribution in [0.3, 0.4) is 0 Å². The summed E-state index contributed by atoms with van der Waals surface area (Å²) in [5, 5.41) is 14.5. The van der Waals surface area contributed by atoms with Crippen molar-refractivity contribution in [3.8, 4) is 5.75 Å². The average molecular weight is 576 g/mol. The van der Waals surface area contributed by atoms with Crippen molar-refractivity contribution in [2.45, 2.75) is 118 Å². The number of amides is 1. The molecule has 5 aliphatic carbocycles. The first kappa shape index (κ1) is 30.2. The monoisotopic (exact) mass is 575 g/mol. The van der Waals surface area contributed by atoms with Gasteiger partial charge in [0.15, 0.2) is 0 Å². The van der Waals surface area contributed by atoms with Crippen LogP contribution in [0, 0.1) is 56.7 Å². The van der Waals surface area contributed by atoms with Crippen molar-refractivity contribution in [1.29, 1.82) is 0 Å². The summed E-state index contributed by atoms with van der Waals surface area (Å²) in [7, 11) is 1.69. The lowest BCUT2D eigenvalue weighted by atomic mass is 9.32. The minimum absolute atomic E-state index is 0.0216. The van der Waals surface area contributed by atoms with Crippen LogP contribution in [-0.4, -0.2) is 24.2 Å². The Labute approximate surface area is 255 Å². The third-order valence-corrected chi connectivity index (χ3v) is 15.1. The van der Waals surface area contributed by atoms with E-state index in [9.17, 15) is 9.90 Å². The zero-order valence-corrected chi connectivity index (χ0v) is 27.5. The molecule has 6 rings (SSSR count). The average Bonchev–Trinajstić information content (AvgIpc) is 3.36. The van der Waals surface area contributed by atoms with Crippen LogP contribution < -0.4 is 10.1 Å². The summed E-state index contributed by atoms with van der Waals surface area (Å²) in [6.45, 7) is 19.9. The Hall–Kier alpha value is -1.81. The lowest BCUT2D eigenvalue weighted by Gasteiger charge is -2.72. The lowest BCUT2D eigenvalue weighted by molar-refractivity contribution is -0.246. The van der Waals surface area contributed by atoms with Crippen molar-refractivity contribution in [3.63, 3.8) is 0 Å². The molecule has 232 valence electrons. The Kier molecular flexibility index (Phi) is 7.28. The molecule has 5 saturated carbocycles. The molecule has 0 aliphatic heterocycles. The molecule has 1 amide bonds. The molecule has 42 heavy (non-hydrogen) atoms. The van der Waals surface area contributed by atoms with Crippen LogP contribution in [0.1, 0.15) is 111 Å². The summed E-state index contributed by atoms with van der Waals surface area (Å²) in [5.74, 6) is 3.72. The van der Waals surface area contributed by atoms with Gasteiger partial charge in [-0.05, 0) is 140 Å². The largest absolute Gasteiger partial charge is 0.497 e. The predicted molar refractivity (Wildman–Crippen MR) is 170 cm³/mol. The summed E-state index contributed by atoms with van der Waals surface area (Å²) in [4.78, 5) is 14.4. The highest BCUT2D eigenvalue weighted by molar-refractivity contribution is 5.84. The van der Waals surface area contributed by atoms with Crippen LogP contribution in [0.5, 0.6) is 5.75 Å². The maximum atomic E-state index is 14.4. The van der Waals surface area contributed by atoms with Crippen LogP contribution in [0.15, 0.2) is 36.4 Å². The molecule has 4 nitrogen and oxygen atoms in total. The zero-order valence-electron chi connectivity index (χ0n) is 27.5. The molecular formula is C38H57NO3. The number of rotatable bonds is 5. The van der Waals surface area contributed by atoms with Crippen LogP contribution in [0.4, 0.5) is 0 Å². The fourth-order valence-electron chi connectivity index (χ4n) is 12.6. The Bertz CT molecular complexity index is 1220. The number of hydrogen-bond donors (Lipinski definition) is 2. The normalized spacial score (nSPS) is 45.5. The molecule has 1 aromatic carbocycles. The number of carbonyl (C=O) groups is 1. The maximum absolute atomic E-state index is 14.4. The number of aliphatic hydroxyl groups is 1. The zero-order chi connectivity index (χ0) is 30.3. The van der Waals surface area contributed by atoms with Gasteiger partial charge in [-0.3, -0.25) is 4.79 Å². The Balaban J connectivity index is 1.31. The van der Waals surface area contributed by atoms with E-state index in [1.54, 1.807) is 7.11 Å². The number of benzene rings is 1. The molecule has 0 radical (unpaired) electrons. The van der Waals surface area contributed by atoms with Crippen molar-refractivity contribution in [1.82, 2.24) is 5.32 Å². The van der Waals surface area contributed by atoms with Crippen LogP contribution in [-0.2, 0) is 11.3 Å². The number of ether oxygens (including phenoxy) is 1. The fraction of sp³-hybridized carbons (Fsp3) is 0.763. The van der Waals surface area contributed by atoms with Gasteiger partial charge in [0.25, 0.3) is 0 Å². The smallest absolute Gasteiger partial charge is 0.226 e. The second-order valence-corrected chi connectivity index (χ2v) is 16.7. The summed E-state index contributed by atoms with van der Waals surface area (Å²) < 4.78 is 5.33. The van der Waals surface area contributed by atoms with E-state index in [4.69, 9.17) is 4.74 Å². The molecule has 1 aromatic rings. The third kappa shape index (κ3) is 4.05. The van der Waals surface area contributed by atoms with Gasteiger partial charge >= 0.3 is 0 Å². The minimum atomic E-state index is -0.290. The highest BCUT2D eigenvalue weighted by atomic mass is 16.5. The molecule has 4 heteroatoms. The number of hydrogen-bond acceptors (Lipinski definition) is 3. The van der Waals surface area contributed by atoms with Gasteiger partial charge in [-0.2, -0.15) is 0 Å². The van der Waals surface area contributed by atoms with Gasteiger partial charge in [0.1, 0.15) is 5.75 Å². The van der Waals surface area contributed by atoms with Gasteiger partial charge in [0.2, 0.25) is 5.91 Å². The van der Waals surface area contributed by atoms with E-state index in [-0.39, 0.29) is 39.1 Å². The summed E-state index contributed by atoms with van der Waals surface area (Å²) in [6, 6.07) is 8.07. The van der Waals surface area contributed by atoms with E-state index in [0.717, 1.165) is 49.8 Å². The van der Waals surface area contributed by atoms with E-state index < -0.39 is 0 Å². The molecule has 0 saturated heterocycles. The highest BCUT2D eigenvalue weighted by Gasteiger charge is 2.71. The predicted octanol–water partition coefficient (Wildman–Crippen LogP) is 8.33. The van der Waals surface area contributed by atoms with Gasteiger partial charge in [0.05, 0.1) is 18.6 Å². The number of methoxy groups -OCH3 is 1. The van der Waals surface area contributed by atoms with Crippen LogP contribution in [0.25, 0.3) is 0 Å². The minimum Gasteiger partial charge on any atom is -0.497 e. The number of carbonyl (C=O) groups excluding carboxylic acids is 1. The Morgan fingerprint density at radius 1 is 0.905 bits per heavy atom. The third-order valence-electron chi connectivity index (χ3n) is 15.1. The SMILES string of the molecule is C=C(C)[C@@H]1CC[C@]2(C(=O)NCc3ccc(OC)cc3)CC[C@]3(C)[C@H](CC[C@@H]4[C@@]5(C)CC[C@H](O)C(C)(C)[C@@H]5CC[C@]43C)[C@@H]12. The first-order valence-electron chi connectivity index (χ1n) is 17.0. The van der Waals surface area contributed by atoms with E-state index in [2.05, 4.69) is 65.6 Å². The van der Waals surface area contributed by atoms with E-state index in [0.29, 0.717) is 36.1 Å². The van der Waals surface area contributed by atoms with E-state index in [1.807, 2.05) is 12.1 Å². The number of allylic oxidation sites excluding steroid dienone is 1. The summed E-state index contributed by atoms with van der Waals surface area (Å²) in [5.41, 5.74) is 2.83. The summed E-state index contributed by atoms with van der Waals surface area (Å²) >= 11 is 0. The second kappa shape index (κ2) is 10.1. The molecule has 0 spiro atoms. The topological polar surface area (TPSA) is 58.6 Å². The molecule has 5 fully saturated rings. The maximum Gasteiger partial charge on any atom is 0.226 e. The van der Waals surface area contributed by atoms with E-state index >= 15 is 0 Å². The number of nitrogens with one attached hydrogen (secondary N) is 1. The number of aliphatic hydroxyl groups excluding tert-OH is 1. The van der Waals surface area contributed by atoms with Gasteiger partial charge in [-0.1, -0.05) is 58.9 Å². The summed E-state index contributed by atoms with van der Waals surface area (Å²) in [6.07, 6.45) is 11.1. The second-order valence-electron chi connectivity index (χ2n) is 16.7. The van der Waals surface area contributed by atoms with Crippen LogP contribution >= 0.6 is 0 Å². The van der Waals surface area contributed by atoms with E-state index in [1.165, 1.54) is 31.3 Å². The van der Waals surface area contributed by atoms with Crippen molar-refractivity contribution in [3.05, 3.63) is 42.0 Å². The van der Waals surface area contributed by atoms with Crippen molar-refractivity contribution < 1.29 is 14.6 Å². The van der Waals surface area contributed by atoms with Gasteiger partial charge < -0.3 is 15.2 Å². The Morgan fingerprint density at radius 3 is 2.29 bits per heavy atom. The molecular weight excluding hydrogens is 518 g/mol. The molecule has 0 bridgehead atoms. The lowest BCUT2D eigenvalue weighted by Crippen LogP contribution is -2.67. The molecule has 0 aromatic heterocycles. The number of fused-ring (bicyclic) bond motifs is 7. The van der Waals surface area contributed by atoms with Gasteiger partial charge in [0, 0.05) is 6.54 Å². The standard InChI is InChI=1S/C38H57NO3/c1-24(2)27-15-20-38(33(41)39-23-25-9-11-26(42-8)12-10-25)22-21-36(6)28(32(27)38)13-14-30-35(5)18-17-31(40)34(3,4)29(35)16-19-37(30,36)7/h9-12,27-32,40H,1,13-23H2,2-8H3,(H,39,41)/t27-,28+,29-,30+,31-,32+,35-,36+,37+,38-/m0/s1. The van der Waals surface area contributed by atoms with Crippen molar-refractivity contribution in [2.75, 3.05) is 7.11 Å². The van der Waals surface area contributed by atoms with Crippen molar-refractivity contribution >= 4 is 5.91 Å². The molecule has 2 N–H and O–H groups in total.